The second kappa shape index (κ2) is 5.68. The first-order valence-corrected chi connectivity index (χ1v) is 6.77. The van der Waals surface area contributed by atoms with Crippen molar-refractivity contribution in [2.75, 3.05) is 5.32 Å². The molecular formula is C16H12F2N2O3. The van der Waals surface area contributed by atoms with Gasteiger partial charge in [-0.2, -0.15) is 4.98 Å². The van der Waals surface area contributed by atoms with Crippen LogP contribution in [0, 0.1) is 18.6 Å². The van der Waals surface area contributed by atoms with Crippen molar-refractivity contribution in [3.63, 3.8) is 0 Å². The fourth-order valence-electron chi connectivity index (χ4n) is 2.24. The molecule has 7 heteroatoms. The van der Waals surface area contributed by atoms with Gasteiger partial charge in [0.05, 0.1) is 6.42 Å². The molecule has 2 aromatic carbocycles. The average Bonchev–Trinajstić information content (AvgIpc) is 2.88. The second-order valence-corrected chi connectivity index (χ2v) is 5.06. The van der Waals surface area contributed by atoms with Crippen LogP contribution in [0.5, 0.6) is 0 Å². The lowest BCUT2D eigenvalue weighted by Gasteiger charge is -2.05. The summed E-state index contributed by atoms with van der Waals surface area (Å²) in [5.74, 6) is -2.25. The molecule has 0 fully saturated rings. The van der Waals surface area contributed by atoms with E-state index in [1.165, 1.54) is 30.3 Å². The number of fused-ring (bicyclic) bond motifs is 1. The fraction of sp³-hybridized carbons (Fsp3) is 0.125. The Bertz CT molecular complexity index is 906. The van der Waals surface area contributed by atoms with E-state index in [2.05, 4.69) is 10.3 Å². The van der Waals surface area contributed by atoms with E-state index in [-0.39, 0.29) is 28.5 Å². The van der Waals surface area contributed by atoms with Crippen LogP contribution in [-0.4, -0.2) is 16.1 Å². The molecule has 0 unspecified atom stereocenters. The van der Waals surface area contributed by atoms with E-state index in [9.17, 15) is 13.6 Å². The van der Waals surface area contributed by atoms with Crippen LogP contribution in [0.1, 0.15) is 11.1 Å². The topological polar surface area (TPSA) is 75.4 Å². The van der Waals surface area contributed by atoms with E-state index in [4.69, 9.17) is 9.52 Å². The van der Waals surface area contributed by atoms with Gasteiger partial charge in [-0.05, 0) is 36.8 Å². The molecule has 0 aliphatic carbocycles. The van der Waals surface area contributed by atoms with Gasteiger partial charge in [0.25, 0.3) is 6.01 Å². The number of carbonyl (C=O) groups is 1. The van der Waals surface area contributed by atoms with Crippen molar-refractivity contribution in [3.8, 4) is 0 Å². The Morgan fingerprint density at radius 2 is 2.09 bits per heavy atom. The number of benzene rings is 2. The molecular weight excluding hydrogens is 306 g/mol. The number of hydrogen-bond donors (Lipinski definition) is 2. The number of nitrogens with zero attached hydrogens (tertiary/aromatic N) is 1. The number of hydrogen-bond acceptors (Lipinski definition) is 4. The van der Waals surface area contributed by atoms with Crippen LogP contribution < -0.4 is 5.32 Å². The quantitative estimate of drug-likeness (QED) is 0.765. The maximum atomic E-state index is 14.2. The smallest absolute Gasteiger partial charge is 0.307 e. The SMILES string of the molecule is Cc1cc(F)ccc1Nc1nc2ccc(CC(=O)O)c(F)c2o1. The molecule has 5 nitrogen and oxygen atoms in total. The summed E-state index contributed by atoms with van der Waals surface area (Å²) in [6.45, 7) is 1.71. The third kappa shape index (κ3) is 2.98. The highest BCUT2D eigenvalue weighted by Gasteiger charge is 2.16. The van der Waals surface area contributed by atoms with Crippen molar-refractivity contribution in [2.24, 2.45) is 0 Å². The summed E-state index contributed by atoms with van der Waals surface area (Å²) in [6, 6.07) is 7.04. The first-order chi connectivity index (χ1) is 10.9. The molecule has 0 saturated carbocycles. The van der Waals surface area contributed by atoms with Gasteiger partial charge in [-0.25, -0.2) is 8.78 Å². The summed E-state index contributed by atoms with van der Waals surface area (Å²) in [5, 5.41) is 11.6. The summed E-state index contributed by atoms with van der Waals surface area (Å²) >= 11 is 0. The highest BCUT2D eigenvalue weighted by molar-refractivity contribution is 5.79. The summed E-state index contributed by atoms with van der Waals surface area (Å²) in [5.41, 5.74) is 1.37. The molecule has 23 heavy (non-hydrogen) atoms. The van der Waals surface area contributed by atoms with Crippen LogP contribution in [0.15, 0.2) is 34.7 Å². The third-order valence-electron chi connectivity index (χ3n) is 3.35. The summed E-state index contributed by atoms with van der Waals surface area (Å²) in [6.07, 6.45) is -0.442. The Morgan fingerprint density at radius 1 is 1.30 bits per heavy atom. The van der Waals surface area contributed by atoms with Crippen LogP contribution in [0.4, 0.5) is 20.5 Å². The van der Waals surface area contributed by atoms with E-state index in [1.54, 1.807) is 6.92 Å². The molecule has 1 heterocycles. The van der Waals surface area contributed by atoms with Crippen LogP contribution in [0.3, 0.4) is 0 Å². The van der Waals surface area contributed by atoms with Crippen molar-refractivity contribution in [1.29, 1.82) is 0 Å². The van der Waals surface area contributed by atoms with Gasteiger partial charge in [-0.3, -0.25) is 4.79 Å². The van der Waals surface area contributed by atoms with Gasteiger partial charge < -0.3 is 14.8 Å². The summed E-state index contributed by atoms with van der Waals surface area (Å²) in [4.78, 5) is 14.8. The number of aryl methyl sites for hydroxylation is 1. The molecule has 0 radical (unpaired) electrons. The van der Waals surface area contributed by atoms with Crippen LogP contribution in [0.25, 0.3) is 11.1 Å². The maximum absolute atomic E-state index is 14.2. The number of oxazole rings is 1. The zero-order valence-electron chi connectivity index (χ0n) is 12.1. The van der Waals surface area contributed by atoms with Gasteiger partial charge in [0.1, 0.15) is 11.3 Å². The third-order valence-corrected chi connectivity index (χ3v) is 3.35. The van der Waals surface area contributed by atoms with E-state index < -0.39 is 18.2 Å². The van der Waals surface area contributed by atoms with Crippen LogP contribution >= 0.6 is 0 Å². The van der Waals surface area contributed by atoms with Crippen LogP contribution in [0.2, 0.25) is 0 Å². The van der Waals surface area contributed by atoms with E-state index in [1.807, 2.05) is 0 Å². The van der Waals surface area contributed by atoms with Gasteiger partial charge in [0.2, 0.25) is 0 Å². The number of rotatable bonds is 4. The van der Waals surface area contributed by atoms with E-state index >= 15 is 0 Å². The predicted molar refractivity (Wildman–Crippen MR) is 79.7 cm³/mol. The number of halogens is 2. The van der Waals surface area contributed by atoms with E-state index in [0.29, 0.717) is 11.3 Å². The fourth-order valence-corrected chi connectivity index (χ4v) is 2.24. The van der Waals surface area contributed by atoms with Crippen molar-refractivity contribution in [1.82, 2.24) is 4.98 Å². The highest BCUT2D eigenvalue weighted by atomic mass is 19.1. The molecule has 0 atom stereocenters. The Morgan fingerprint density at radius 3 is 2.78 bits per heavy atom. The molecule has 3 aromatic rings. The predicted octanol–water partition coefficient (Wildman–Crippen LogP) is 3.79. The minimum Gasteiger partial charge on any atom is -0.481 e. The van der Waals surface area contributed by atoms with Crippen molar-refractivity contribution >= 4 is 28.8 Å². The molecule has 0 saturated heterocycles. The zero-order valence-corrected chi connectivity index (χ0v) is 12.1. The van der Waals surface area contributed by atoms with Gasteiger partial charge in [-0.1, -0.05) is 6.07 Å². The number of aromatic nitrogens is 1. The normalized spacial score (nSPS) is 10.9. The largest absolute Gasteiger partial charge is 0.481 e. The zero-order chi connectivity index (χ0) is 16.6. The van der Waals surface area contributed by atoms with Gasteiger partial charge in [-0.15, -0.1) is 0 Å². The first kappa shape index (κ1) is 15.0. The standard InChI is InChI=1S/C16H12F2N2O3/c1-8-6-10(17)3-5-11(8)19-16-20-12-4-2-9(7-13(21)22)14(18)15(12)23-16/h2-6H,7H2,1H3,(H,19,20)(H,21,22). The van der Waals surface area contributed by atoms with Gasteiger partial charge in [0.15, 0.2) is 11.4 Å². The Balaban J connectivity index is 1.96. The lowest BCUT2D eigenvalue weighted by Crippen LogP contribution is -2.02. The monoisotopic (exact) mass is 318 g/mol. The molecule has 3 rings (SSSR count). The summed E-state index contributed by atoms with van der Waals surface area (Å²) in [7, 11) is 0. The van der Waals surface area contributed by atoms with Crippen LogP contribution in [-0.2, 0) is 11.2 Å². The minimum atomic E-state index is -1.14. The number of aliphatic carboxylic acids is 1. The van der Waals surface area contributed by atoms with Gasteiger partial charge in [0, 0.05) is 11.3 Å². The molecule has 0 spiro atoms. The number of carboxylic acids is 1. The number of nitrogens with one attached hydrogen (secondary N) is 1. The van der Waals surface area contributed by atoms with Crippen molar-refractivity contribution in [2.45, 2.75) is 13.3 Å². The molecule has 1 aromatic heterocycles. The Kier molecular flexibility index (Phi) is 3.69. The molecule has 0 aliphatic rings. The molecule has 0 amide bonds. The Hall–Kier alpha value is -2.96. The van der Waals surface area contributed by atoms with E-state index in [0.717, 1.165) is 0 Å². The Labute approximate surface area is 129 Å². The lowest BCUT2D eigenvalue weighted by atomic mass is 10.1. The van der Waals surface area contributed by atoms with Crippen molar-refractivity contribution < 1.29 is 23.1 Å². The second-order valence-electron chi connectivity index (χ2n) is 5.06. The van der Waals surface area contributed by atoms with Gasteiger partial charge >= 0.3 is 5.97 Å². The average molecular weight is 318 g/mol. The number of carboxylic acid groups (broad SMARTS) is 1. The molecule has 118 valence electrons. The maximum Gasteiger partial charge on any atom is 0.307 e. The molecule has 2 N–H and O–H groups in total. The van der Waals surface area contributed by atoms with Crippen molar-refractivity contribution in [3.05, 3.63) is 53.1 Å². The minimum absolute atomic E-state index is 0.0191. The molecule has 0 aliphatic heterocycles. The highest BCUT2D eigenvalue weighted by Crippen LogP contribution is 2.27. The lowest BCUT2D eigenvalue weighted by molar-refractivity contribution is -0.136. The summed E-state index contributed by atoms with van der Waals surface area (Å²) < 4.78 is 32.7. The first-order valence-electron chi connectivity index (χ1n) is 6.77. The molecule has 0 bridgehead atoms. The number of anilines is 2.